The summed E-state index contributed by atoms with van der Waals surface area (Å²) in [5.74, 6) is -1.34. The molecule has 0 atom stereocenters. The van der Waals surface area contributed by atoms with Crippen LogP contribution in [0.2, 0.25) is 0 Å². The first-order chi connectivity index (χ1) is 7.57. The molecule has 1 fully saturated rings. The molecule has 4 nitrogen and oxygen atoms in total. The summed E-state index contributed by atoms with van der Waals surface area (Å²) in [6, 6.07) is 0. The second-order valence-corrected chi connectivity index (χ2v) is 4.24. The van der Waals surface area contributed by atoms with Gasteiger partial charge in [0.15, 0.2) is 5.78 Å². The van der Waals surface area contributed by atoms with Gasteiger partial charge in [-0.15, -0.1) is 0 Å². The van der Waals surface area contributed by atoms with Gasteiger partial charge in [-0.05, 0) is 18.8 Å². The van der Waals surface area contributed by atoms with Crippen molar-refractivity contribution in [1.29, 1.82) is 0 Å². The predicted octanol–water partition coefficient (Wildman–Crippen LogP) is 1.84. The Morgan fingerprint density at radius 2 is 1.81 bits per heavy atom. The molecule has 0 aromatic heterocycles. The van der Waals surface area contributed by atoms with Crippen molar-refractivity contribution in [2.24, 2.45) is 11.7 Å². The summed E-state index contributed by atoms with van der Waals surface area (Å²) >= 11 is 0. The highest BCUT2D eigenvalue weighted by Crippen LogP contribution is 2.31. The molecule has 0 aromatic carbocycles. The van der Waals surface area contributed by atoms with Gasteiger partial charge in [-0.1, -0.05) is 26.2 Å². The van der Waals surface area contributed by atoms with Gasteiger partial charge in [0.2, 0.25) is 0 Å². The van der Waals surface area contributed by atoms with Crippen molar-refractivity contribution in [1.82, 2.24) is 0 Å². The summed E-state index contributed by atoms with van der Waals surface area (Å²) < 4.78 is 0. The molecule has 0 radical (unpaired) electrons. The van der Waals surface area contributed by atoms with Crippen molar-refractivity contribution < 1.29 is 14.7 Å². The molecule has 0 saturated heterocycles. The minimum atomic E-state index is -1.04. The second-order valence-electron chi connectivity index (χ2n) is 4.24. The van der Waals surface area contributed by atoms with E-state index in [1.807, 2.05) is 0 Å². The topological polar surface area (TPSA) is 80.4 Å². The van der Waals surface area contributed by atoms with Gasteiger partial charge in [-0.25, -0.2) is 4.79 Å². The zero-order valence-electron chi connectivity index (χ0n) is 9.66. The maximum atomic E-state index is 11.5. The van der Waals surface area contributed by atoms with E-state index < -0.39 is 5.97 Å². The lowest BCUT2D eigenvalue weighted by molar-refractivity contribution is -0.134. The highest BCUT2D eigenvalue weighted by Gasteiger charge is 2.27. The average molecular weight is 225 g/mol. The number of hydrogen-bond donors (Lipinski definition) is 2. The van der Waals surface area contributed by atoms with E-state index in [4.69, 9.17) is 10.8 Å². The number of Topliss-reactive ketones (excluding diaryl/α,β-unsaturated/α-hetero) is 1. The van der Waals surface area contributed by atoms with Gasteiger partial charge in [0.05, 0.1) is 11.3 Å². The van der Waals surface area contributed by atoms with E-state index in [0.717, 1.165) is 32.1 Å². The molecule has 0 aromatic rings. The minimum Gasteiger partial charge on any atom is -0.478 e. The summed E-state index contributed by atoms with van der Waals surface area (Å²) in [5.41, 5.74) is 5.76. The third kappa shape index (κ3) is 2.84. The number of rotatable bonds is 4. The van der Waals surface area contributed by atoms with Crippen LogP contribution in [0.3, 0.4) is 0 Å². The average Bonchev–Trinajstić information content (AvgIpc) is 2.29. The van der Waals surface area contributed by atoms with E-state index in [2.05, 4.69) is 0 Å². The Bertz CT molecular complexity index is 314. The maximum absolute atomic E-state index is 11.5. The van der Waals surface area contributed by atoms with Crippen molar-refractivity contribution in [3.63, 3.8) is 0 Å². The van der Waals surface area contributed by atoms with Gasteiger partial charge in [-0.2, -0.15) is 0 Å². The third-order valence-corrected chi connectivity index (χ3v) is 3.16. The summed E-state index contributed by atoms with van der Waals surface area (Å²) in [6.45, 7) is 1.69. The SMILES string of the molecule is CCC(=O)/C(N)=C(\C(=O)O)C1CCCCC1. The van der Waals surface area contributed by atoms with Gasteiger partial charge < -0.3 is 10.8 Å². The molecule has 0 bridgehead atoms. The first-order valence-corrected chi connectivity index (χ1v) is 5.84. The number of carbonyl (C=O) groups excluding carboxylic acids is 1. The molecule has 16 heavy (non-hydrogen) atoms. The van der Waals surface area contributed by atoms with Crippen molar-refractivity contribution in [2.75, 3.05) is 0 Å². The quantitative estimate of drug-likeness (QED) is 0.715. The van der Waals surface area contributed by atoms with Crippen LogP contribution in [0.5, 0.6) is 0 Å². The Hall–Kier alpha value is -1.32. The van der Waals surface area contributed by atoms with Crippen LogP contribution in [-0.4, -0.2) is 16.9 Å². The van der Waals surface area contributed by atoms with Crippen LogP contribution in [0.15, 0.2) is 11.3 Å². The lowest BCUT2D eigenvalue weighted by Gasteiger charge is -2.23. The molecular weight excluding hydrogens is 206 g/mol. The van der Waals surface area contributed by atoms with E-state index in [9.17, 15) is 9.59 Å². The summed E-state index contributed by atoms with van der Waals surface area (Å²) in [6.07, 6.45) is 5.11. The molecule has 4 heteroatoms. The molecule has 1 aliphatic rings. The van der Waals surface area contributed by atoms with Crippen molar-refractivity contribution in [3.8, 4) is 0 Å². The Balaban J connectivity index is 2.97. The predicted molar refractivity (Wildman–Crippen MR) is 60.7 cm³/mol. The summed E-state index contributed by atoms with van der Waals surface area (Å²) in [5, 5.41) is 9.15. The van der Waals surface area contributed by atoms with E-state index in [1.165, 1.54) is 0 Å². The molecular formula is C12H19NO3. The van der Waals surface area contributed by atoms with Gasteiger partial charge in [0.25, 0.3) is 0 Å². The van der Waals surface area contributed by atoms with Crippen molar-refractivity contribution in [3.05, 3.63) is 11.3 Å². The van der Waals surface area contributed by atoms with Crippen LogP contribution < -0.4 is 5.73 Å². The molecule has 1 rings (SSSR count). The fourth-order valence-electron chi connectivity index (χ4n) is 2.24. The molecule has 0 aliphatic heterocycles. The number of ketones is 1. The van der Waals surface area contributed by atoms with Gasteiger partial charge in [0, 0.05) is 6.42 Å². The number of carbonyl (C=O) groups is 2. The van der Waals surface area contributed by atoms with Crippen LogP contribution >= 0.6 is 0 Å². The van der Waals surface area contributed by atoms with E-state index in [-0.39, 0.29) is 29.4 Å². The maximum Gasteiger partial charge on any atom is 0.334 e. The van der Waals surface area contributed by atoms with Crippen LogP contribution in [-0.2, 0) is 9.59 Å². The number of aliphatic carboxylic acids is 1. The number of carboxylic acids is 1. The van der Waals surface area contributed by atoms with Gasteiger partial charge in [0.1, 0.15) is 0 Å². The number of hydrogen-bond acceptors (Lipinski definition) is 3. The summed E-state index contributed by atoms with van der Waals surface area (Å²) in [7, 11) is 0. The monoisotopic (exact) mass is 225 g/mol. The van der Waals surface area contributed by atoms with Gasteiger partial charge >= 0.3 is 5.97 Å². The third-order valence-electron chi connectivity index (χ3n) is 3.16. The number of nitrogens with two attached hydrogens (primary N) is 1. The number of carboxylic acid groups (broad SMARTS) is 1. The summed E-state index contributed by atoms with van der Waals surface area (Å²) in [4.78, 5) is 22.6. The largest absolute Gasteiger partial charge is 0.478 e. The van der Waals surface area contributed by atoms with Crippen molar-refractivity contribution >= 4 is 11.8 Å². The smallest absolute Gasteiger partial charge is 0.334 e. The van der Waals surface area contributed by atoms with Crippen LogP contribution in [0.1, 0.15) is 45.4 Å². The van der Waals surface area contributed by atoms with Crippen LogP contribution in [0, 0.1) is 5.92 Å². The van der Waals surface area contributed by atoms with E-state index in [0.29, 0.717) is 0 Å². The van der Waals surface area contributed by atoms with E-state index >= 15 is 0 Å². The highest BCUT2D eigenvalue weighted by atomic mass is 16.4. The lowest BCUT2D eigenvalue weighted by atomic mass is 9.82. The highest BCUT2D eigenvalue weighted by molar-refractivity contribution is 6.02. The molecule has 90 valence electrons. The molecule has 1 saturated carbocycles. The Morgan fingerprint density at radius 1 is 1.25 bits per heavy atom. The van der Waals surface area contributed by atoms with Crippen LogP contribution in [0.4, 0.5) is 0 Å². The normalized spacial score (nSPS) is 19.1. The van der Waals surface area contributed by atoms with Gasteiger partial charge in [-0.3, -0.25) is 4.79 Å². The standard InChI is InChI=1S/C12H19NO3/c1-2-9(14)11(13)10(12(15)16)8-6-4-3-5-7-8/h8H,2-7,13H2,1H3,(H,15,16)/b11-10+. The molecule has 3 N–H and O–H groups in total. The molecule has 0 amide bonds. The van der Waals surface area contributed by atoms with E-state index in [1.54, 1.807) is 6.92 Å². The Labute approximate surface area is 95.5 Å². The number of allylic oxidation sites excluding steroid dienone is 1. The fourth-order valence-corrected chi connectivity index (χ4v) is 2.24. The van der Waals surface area contributed by atoms with Crippen molar-refractivity contribution in [2.45, 2.75) is 45.4 Å². The first kappa shape index (κ1) is 12.7. The Morgan fingerprint density at radius 3 is 2.25 bits per heavy atom. The minimum absolute atomic E-state index is 0.0399. The molecule has 0 unspecified atom stereocenters. The fraction of sp³-hybridized carbons (Fsp3) is 0.667. The van der Waals surface area contributed by atoms with Crippen LogP contribution in [0.25, 0.3) is 0 Å². The molecule has 1 aliphatic carbocycles. The zero-order valence-corrected chi connectivity index (χ0v) is 9.66. The lowest BCUT2D eigenvalue weighted by Crippen LogP contribution is -2.24. The first-order valence-electron chi connectivity index (χ1n) is 5.84. The molecule has 0 spiro atoms. The second kappa shape index (κ2) is 5.68. The Kier molecular flexibility index (Phi) is 4.52. The molecule has 0 heterocycles. The zero-order chi connectivity index (χ0) is 12.1.